The van der Waals surface area contributed by atoms with Gasteiger partial charge in [0.2, 0.25) is 76.8 Å². The van der Waals surface area contributed by atoms with Gasteiger partial charge in [0.15, 0.2) is 0 Å². The average molecular weight is 1400 g/mol. The highest BCUT2D eigenvalue weighted by Gasteiger charge is 2.43. The minimum Gasteiger partial charge on any atom is -0.458 e. The Kier molecular flexibility index (Phi) is 39.1. The van der Waals surface area contributed by atoms with Gasteiger partial charge in [0.1, 0.15) is 73.1 Å². The largest absolute Gasteiger partial charge is 0.458 e. The number of nitrogens with one attached hydrogen (secondary N) is 8. The summed E-state index contributed by atoms with van der Waals surface area (Å²) in [5.41, 5.74) is 0. The SMILES string of the molecule is CC[C@@H](C)[C@H]1NC(=O)CCNC(=O)[C@H](CC(C)C)N(C)C(=O)[C@@H](CC(C)C)NC(=O)CCNC(=O)[C@@H](NC(=O)[C@@H](CC(C)C)N(C)C(=O)[C@@H](NC(=O)COC)C(C)C)[C@@H](C)OC(=O)[C@@H]([C@H](C)CC)N(C)C(=O)[C@@H](CC(C)C)NC(=O)CCNC(=O)[C@H](C)N(C)C(=O)[C@H](C(C)C)N(C)C1=O. The van der Waals surface area contributed by atoms with Crippen molar-refractivity contribution >= 4 is 82.8 Å². The average Bonchev–Trinajstić information content (AvgIpc) is 0.829. The molecule has 13 amide bonds. The molecule has 566 valence electrons. The van der Waals surface area contributed by atoms with Crippen molar-refractivity contribution in [3.8, 4) is 0 Å². The second-order valence-electron chi connectivity index (χ2n) is 29.1. The fourth-order valence-electron chi connectivity index (χ4n) is 11.7. The van der Waals surface area contributed by atoms with Crippen LogP contribution >= 0.6 is 0 Å². The Hall–Kier alpha value is -7.46. The first kappa shape index (κ1) is 89.6. The van der Waals surface area contributed by atoms with Crippen LogP contribution in [0.2, 0.25) is 0 Å². The fraction of sp³-hybridized carbons (Fsp3) is 0.800. The molecule has 29 nitrogen and oxygen atoms in total. The normalized spacial score (nSPS) is 24.5. The number of nitrogens with zero attached hydrogens (tertiary/aromatic N) is 5. The topological polar surface area (TPSA) is 370 Å². The zero-order valence-corrected chi connectivity index (χ0v) is 63.9. The first-order valence-corrected chi connectivity index (χ1v) is 35.3. The Labute approximate surface area is 589 Å². The second-order valence-corrected chi connectivity index (χ2v) is 29.1. The predicted molar refractivity (Wildman–Crippen MR) is 375 cm³/mol. The van der Waals surface area contributed by atoms with Crippen molar-refractivity contribution in [3.05, 3.63) is 0 Å². The summed E-state index contributed by atoms with van der Waals surface area (Å²) >= 11 is 0. The van der Waals surface area contributed by atoms with E-state index < -0.39 is 179 Å². The maximum atomic E-state index is 14.8. The summed E-state index contributed by atoms with van der Waals surface area (Å²) in [5.74, 6) is -12.1. The molecule has 13 atom stereocenters. The molecule has 0 unspecified atom stereocenters. The van der Waals surface area contributed by atoms with Crippen LogP contribution in [0.25, 0.3) is 0 Å². The van der Waals surface area contributed by atoms with E-state index in [1.807, 2.05) is 62.3 Å². The lowest BCUT2D eigenvalue weighted by molar-refractivity contribution is -0.163. The van der Waals surface area contributed by atoms with Gasteiger partial charge in [-0.2, -0.15) is 0 Å². The lowest BCUT2D eigenvalue weighted by atomic mass is 9.94. The highest BCUT2D eigenvalue weighted by Crippen LogP contribution is 2.23. The van der Waals surface area contributed by atoms with E-state index in [1.165, 1.54) is 75.8 Å². The van der Waals surface area contributed by atoms with Crippen LogP contribution in [0.15, 0.2) is 0 Å². The summed E-state index contributed by atoms with van der Waals surface area (Å²) in [6.07, 6.45) is -1.24. The van der Waals surface area contributed by atoms with Gasteiger partial charge in [-0.25, -0.2) is 4.79 Å². The van der Waals surface area contributed by atoms with Gasteiger partial charge in [-0.05, 0) is 86.9 Å². The molecule has 0 aliphatic carbocycles. The number of hydrogen-bond acceptors (Lipinski definition) is 16. The molecular weight excluding hydrogens is 1280 g/mol. The predicted octanol–water partition coefficient (Wildman–Crippen LogP) is 2.26. The van der Waals surface area contributed by atoms with E-state index in [0.717, 1.165) is 4.90 Å². The van der Waals surface area contributed by atoms with Crippen molar-refractivity contribution < 1.29 is 76.6 Å². The van der Waals surface area contributed by atoms with Crippen LogP contribution in [0.5, 0.6) is 0 Å². The summed E-state index contributed by atoms with van der Waals surface area (Å²) in [7, 11) is 8.40. The number of hydrogen-bond donors (Lipinski definition) is 8. The van der Waals surface area contributed by atoms with Crippen molar-refractivity contribution in [1.29, 1.82) is 0 Å². The third-order valence-corrected chi connectivity index (χ3v) is 18.1. The van der Waals surface area contributed by atoms with Gasteiger partial charge < -0.3 is 76.5 Å². The smallest absolute Gasteiger partial charge is 0.329 e. The summed E-state index contributed by atoms with van der Waals surface area (Å²) in [4.78, 5) is 205. The van der Waals surface area contributed by atoms with E-state index in [9.17, 15) is 67.1 Å². The van der Waals surface area contributed by atoms with Crippen molar-refractivity contribution in [2.24, 2.45) is 47.3 Å². The number of carbonyl (C=O) groups excluding carboxylic acids is 14. The van der Waals surface area contributed by atoms with Crippen LogP contribution in [-0.4, -0.2) is 242 Å². The standard InChI is InChI=1S/C70H125N13O16/c1-25-44(15)57-68(95)82(22)59(43(13)14)69(96)79(19)46(17)61(88)71-30-27-52(84)75-49(34-39(5)6)66(93)83(23)60(45(16)26-2)70(97)99-47(18)58(78-63(90)51(36-41(9)10)81(21)67(94)56(42(11)12)77-55(87)37-98-24)64(91)73-32-28-53(85)74-48(33-38(3)4)65(92)80(20)50(35-40(7)8)62(89)72-31-29-54(86)76-57/h38-51,56-60H,25-37H2,1-24H3,(H,71,88)(H,72,89)(H,73,91)(H,74,85)(H,75,84)(H,76,86)(H,77,87)(H,78,90)/t44-,45-,46+,47-,48-,49-,50+,51-,56+,57-,58+,59+,60-/m1/s1. The van der Waals surface area contributed by atoms with Crippen LogP contribution in [0.3, 0.4) is 0 Å². The number of methoxy groups -OCH3 is 1. The number of amides is 13. The zero-order valence-electron chi connectivity index (χ0n) is 63.9. The molecule has 99 heavy (non-hydrogen) atoms. The van der Waals surface area contributed by atoms with Gasteiger partial charge in [0.25, 0.3) is 0 Å². The molecule has 0 saturated carbocycles. The summed E-state index contributed by atoms with van der Waals surface area (Å²) in [6, 6.07) is -12.2. The molecule has 1 rings (SSSR count). The third kappa shape index (κ3) is 28.6. The fourth-order valence-corrected chi connectivity index (χ4v) is 11.7. The molecule has 29 heteroatoms. The zero-order chi connectivity index (χ0) is 76.2. The number of esters is 1. The van der Waals surface area contributed by atoms with Gasteiger partial charge in [0.05, 0.1) is 0 Å². The van der Waals surface area contributed by atoms with Crippen LogP contribution in [0, 0.1) is 47.3 Å². The molecule has 8 N–H and O–H groups in total. The Morgan fingerprint density at radius 2 is 1.02 bits per heavy atom. The lowest BCUT2D eigenvalue weighted by Crippen LogP contribution is -2.61. The van der Waals surface area contributed by atoms with E-state index >= 15 is 0 Å². The minimum absolute atomic E-state index is 0.0610. The van der Waals surface area contributed by atoms with Crippen LogP contribution in [-0.2, 0) is 76.6 Å². The van der Waals surface area contributed by atoms with Gasteiger partial charge in [-0.15, -0.1) is 0 Å². The van der Waals surface area contributed by atoms with Crippen molar-refractivity contribution in [1.82, 2.24) is 67.0 Å². The molecule has 1 fully saturated rings. The number of cyclic esters (lactones) is 1. The number of rotatable bonds is 21. The second kappa shape index (κ2) is 43.3. The Bertz CT molecular complexity index is 2730. The molecule has 0 aromatic carbocycles. The third-order valence-electron chi connectivity index (χ3n) is 18.1. The quantitative estimate of drug-likeness (QED) is 0.0764. The van der Waals surface area contributed by atoms with E-state index in [0.29, 0.717) is 12.8 Å². The number of ether oxygens (including phenoxy) is 2. The molecule has 1 aliphatic heterocycles. The highest BCUT2D eigenvalue weighted by molar-refractivity contribution is 5.97. The minimum atomic E-state index is -1.73. The van der Waals surface area contributed by atoms with E-state index in [2.05, 4.69) is 42.5 Å². The highest BCUT2D eigenvalue weighted by atomic mass is 16.5. The number of likely N-dealkylation sites (N-methyl/N-ethyl adjacent to an activating group) is 5. The van der Waals surface area contributed by atoms with Crippen molar-refractivity contribution in [2.45, 2.75) is 249 Å². The lowest BCUT2D eigenvalue weighted by Gasteiger charge is -2.37. The van der Waals surface area contributed by atoms with E-state index in [4.69, 9.17) is 9.47 Å². The van der Waals surface area contributed by atoms with Crippen LogP contribution < -0.4 is 42.5 Å². The number of carbonyl (C=O) groups is 14. The molecule has 1 aliphatic rings. The molecule has 0 aromatic rings. The Morgan fingerprint density at radius 3 is 1.46 bits per heavy atom. The molecular formula is C70H125N13O16. The summed E-state index contributed by atoms with van der Waals surface area (Å²) in [5, 5.41) is 21.9. The monoisotopic (exact) mass is 1400 g/mol. The molecule has 0 spiro atoms. The first-order chi connectivity index (χ1) is 46.0. The van der Waals surface area contributed by atoms with Crippen molar-refractivity contribution in [2.75, 3.05) is 68.6 Å². The molecule has 1 saturated heterocycles. The molecule has 1 heterocycles. The molecule has 0 radical (unpaired) electrons. The summed E-state index contributed by atoms with van der Waals surface area (Å²) in [6.45, 7) is 30.4. The first-order valence-electron chi connectivity index (χ1n) is 35.3. The molecule has 0 aromatic heterocycles. The van der Waals surface area contributed by atoms with Crippen LogP contribution in [0.1, 0.15) is 182 Å². The van der Waals surface area contributed by atoms with Crippen LogP contribution in [0.4, 0.5) is 0 Å². The van der Waals surface area contributed by atoms with Gasteiger partial charge in [0, 0.05) is 81.2 Å². The maximum absolute atomic E-state index is 14.8. The Morgan fingerprint density at radius 1 is 0.566 bits per heavy atom. The van der Waals surface area contributed by atoms with Gasteiger partial charge in [-0.1, -0.05) is 124 Å². The van der Waals surface area contributed by atoms with Crippen molar-refractivity contribution in [3.63, 3.8) is 0 Å². The Balaban J connectivity index is 4.17. The molecule has 0 bridgehead atoms. The van der Waals surface area contributed by atoms with E-state index in [-0.39, 0.29) is 88.4 Å². The summed E-state index contributed by atoms with van der Waals surface area (Å²) < 4.78 is 11.1. The van der Waals surface area contributed by atoms with E-state index in [1.54, 1.807) is 48.5 Å². The maximum Gasteiger partial charge on any atom is 0.329 e. The van der Waals surface area contributed by atoms with Gasteiger partial charge >= 0.3 is 5.97 Å². The van der Waals surface area contributed by atoms with Gasteiger partial charge in [-0.3, -0.25) is 62.3 Å².